The molecule has 30 heavy (non-hydrogen) atoms. The monoisotopic (exact) mass is 444 g/mol. The van der Waals surface area contributed by atoms with Crippen LogP contribution in [0, 0.1) is 0 Å². The van der Waals surface area contributed by atoms with E-state index in [0.29, 0.717) is 22.2 Å². The third kappa shape index (κ3) is 3.59. The van der Waals surface area contributed by atoms with Gasteiger partial charge in [0, 0.05) is 30.1 Å². The molecule has 0 aliphatic carbocycles. The largest absolute Gasteiger partial charge is 0.329 e. The number of nitrogens with zero attached hydrogens (tertiary/aromatic N) is 5. The summed E-state index contributed by atoms with van der Waals surface area (Å²) in [5, 5.41) is 19.5. The molecule has 0 saturated heterocycles. The van der Waals surface area contributed by atoms with Crippen molar-refractivity contribution in [2.45, 2.75) is 9.79 Å². The summed E-state index contributed by atoms with van der Waals surface area (Å²) in [4.78, 5) is 8.37. The van der Waals surface area contributed by atoms with Crippen molar-refractivity contribution in [2.24, 2.45) is 10.9 Å². The highest BCUT2D eigenvalue weighted by molar-refractivity contribution is 7.92. The molecule has 13 heteroatoms. The Morgan fingerprint density at radius 1 is 1.13 bits per heavy atom. The van der Waals surface area contributed by atoms with Crippen LogP contribution < -0.4 is 10.9 Å². The van der Waals surface area contributed by atoms with Gasteiger partial charge in [0.15, 0.2) is 9.84 Å². The van der Waals surface area contributed by atoms with Crippen molar-refractivity contribution in [2.75, 3.05) is 12.3 Å². The van der Waals surface area contributed by atoms with E-state index in [-0.39, 0.29) is 33.5 Å². The minimum absolute atomic E-state index is 0.0460. The van der Waals surface area contributed by atoms with Gasteiger partial charge in [-0.15, -0.1) is 10.2 Å². The Morgan fingerprint density at radius 3 is 2.67 bits per heavy atom. The summed E-state index contributed by atoms with van der Waals surface area (Å²) in [5.74, 6) is -0.284. The fourth-order valence-electron chi connectivity index (χ4n) is 3.10. The molecule has 4 rings (SSSR count). The number of rotatable bonds is 6. The molecule has 0 radical (unpaired) electrons. The number of nitrogens with two attached hydrogens (primary N) is 2. The van der Waals surface area contributed by atoms with E-state index in [1.807, 2.05) is 6.07 Å². The van der Waals surface area contributed by atoms with Crippen LogP contribution in [-0.4, -0.2) is 55.5 Å². The Labute approximate surface area is 173 Å². The molecule has 0 amide bonds. The molecule has 11 nitrogen and oxygen atoms in total. The molecule has 0 aliphatic rings. The second kappa shape index (κ2) is 7.95. The lowest BCUT2D eigenvalue weighted by molar-refractivity contribution is 0.593. The van der Waals surface area contributed by atoms with E-state index in [2.05, 4.69) is 30.6 Å². The number of benzene rings is 1. The number of aromatic amines is 1. The van der Waals surface area contributed by atoms with Gasteiger partial charge >= 0.3 is 0 Å². The highest BCUT2D eigenvalue weighted by Crippen LogP contribution is 2.38. The zero-order valence-corrected chi connectivity index (χ0v) is 17.0. The molecule has 5 N–H and O–H groups in total. The van der Waals surface area contributed by atoms with Gasteiger partial charge in [0.2, 0.25) is 5.82 Å². The minimum atomic E-state index is -3.85. The van der Waals surface area contributed by atoms with E-state index >= 15 is 0 Å². The number of tetrazole rings is 1. The second-order valence-electron chi connectivity index (χ2n) is 6.22. The van der Waals surface area contributed by atoms with Crippen molar-refractivity contribution in [1.29, 1.82) is 0 Å². The van der Waals surface area contributed by atoms with Gasteiger partial charge in [-0.3, -0.25) is 9.97 Å². The smallest absolute Gasteiger partial charge is 0.206 e. The van der Waals surface area contributed by atoms with Gasteiger partial charge in [0.25, 0.3) is 0 Å². The predicted molar refractivity (Wildman–Crippen MR) is 110 cm³/mol. The molecule has 1 atom stereocenters. The molecule has 3 heterocycles. The van der Waals surface area contributed by atoms with Crippen LogP contribution in [0.3, 0.4) is 0 Å². The number of hydrogen-bond donors (Lipinski definition) is 3. The van der Waals surface area contributed by atoms with Crippen LogP contribution in [0.2, 0.25) is 0 Å². The molecule has 0 bridgehead atoms. The number of aromatic nitrogens is 6. The average molecular weight is 445 g/mol. The maximum atomic E-state index is 12.7. The number of nitrogens with one attached hydrogen (secondary N) is 1. The van der Waals surface area contributed by atoms with Crippen LogP contribution in [0.25, 0.3) is 33.5 Å². The molecular weight excluding hydrogens is 428 g/mol. The Morgan fingerprint density at radius 2 is 1.97 bits per heavy atom. The highest BCUT2D eigenvalue weighted by Gasteiger charge is 2.28. The Kier molecular flexibility index (Phi) is 5.34. The van der Waals surface area contributed by atoms with Crippen molar-refractivity contribution in [3.05, 3.63) is 42.7 Å². The van der Waals surface area contributed by atoms with Gasteiger partial charge in [-0.2, -0.15) is 5.21 Å². The van der Waals surface area contributed by atoms with Gasteiger partial charge in [0.1, 0.15) is 11.0 Å². The molecule has 0 spiro atoms. The summed E-state index contributed by atoms with van der Waals surface area (Å²) >= 11 is 0. The Bertz CT molecular complexity index is 1360. The minimum Gasteiger partial charge on any atom is -0.329 e. The van der Waals surface area contributed by atoms with Crippen molar-refractivity contribution < 1.29 is 12.6 Å². The fourth-order valence-corrected chi connectivity index (χ4v) is 5.59. The second-order valence-corrected chi connectivity index (χ2v) is 9.30. The zero-order chi connectivity index (χ0) is 21.3. The summed E-state index contributed by atoms with van der Waals surface area (Å²) in [6.07, 6.45) is 3.23. The van der Waals surface area contributed by atoms with Crippen LogP contribution in [0.15, 0.2) is 52.5 Å². The van der Waals surface area contributed by atoms with Crippen molar-refractivity contribution in [1.82, 2.24) is 30.6 Å². The Hall–Kier alpha value is -3.13. The lowest BCUT2D eigenvalue weighted by Gasteiger charge is -2.15. The van der Waals surface area contributed by atoms with E-state index in [4.69, 9.17) is 10.9 Å². The number of hydrogen-bond acceptors (Lipinski definition) is 9. The molecule has 1 aromatic carbocycles. The maximum Gasteiger partial charge on any atom is 0.206 e. The van der Waals surface area contributed by atoms with Crippen LogP contribution in [0.5, 0.6) is 0 Å². The summed E-state index contributed by atoms with van der Waals surface area (Å²) in [6.45, 7) is -0.0987. The first-order valence-corrected chi connectivity index (χ1v) is 11.5. The summed E-state index contributed by atoms with van der Waals surface area (Å²) in [6, 6.07) is 8.28. The molecule has 154 valence electrons. The first-order chi connectivity index (χ1) is 14.4. The molecular formula is C17H16N8O3S2. The predicted octanol–water partition coefficient (Wildman–Crippen LogP) is 0.191. The third-order valence-corrected chi connectivity index (χ3v) is 7.11. The van der Waals surface area contributed by atoms with Gasteiger partial charge < -0.3 is 5.73 Å². The zero-order valence-electron chi connectivity index (χ0n) is 15.4. The van der Waals surface area contributed by atoms with E-state index in [9.17, 15) is 12.6 Å². The van der Waals surface area contributed by atoms with E-state index < -0.39 is 20.8 Å². The van der Waals surface area contributed by atoms with Crippen LogP contribution >= 0.6 is 0 Å². The van der Waals surface area contributed by atoms with Crippen molar-refractivity contribution in [3.8, 4) is 22.5 Å². The van der Waals surface area contributed by atoms with Gasteiger partial charge in [-0.25, -0.2) is 17.8 Å². The summed E-state index contributed by atoms with van der Waals surface area (Å²) < 4.78 is 38.0. The van der Waals surface area contributed by atoms with Crippen LogP contribution in [0.4, 0.5) is 0 Å². The van der Waals surface area contributed by atoms with Crippen molar-refractivity contribution >= 4 is 31.9 Å². The highest BCUT2D eigenvalue weighted by atomic mass is 32.2. The first-order valence-electron chi connectivity index (χ1n) is 8.63. The van der Waals surface area contributed by atoms with Crippen LogP contribution in [-0.2, 0) is 20.8 Å². The quantitative estimate of drug-likeness (QED) is 0.373. The van der Waals surface area contributed by atoms with E-state index in [0.717, 1.165) is 0 Å². The first kappa shape index (κ1) is 20.2. The fraction of sp³-hybridized carbons (Fsp3) is 0.118. The van der Waals surface area contributed by atoms with Crippen molar-refractivity contribution in [3.63, 3.8) is 0 Å². The maximum absolute atomic E-state index is 12.7. The van der Waals surface area contributed by atoms with E-state index in [1.54, 1.807) is 30.6 Å². The Balaban J connectivity index is 2.06. The number of pyridine rings is 2. The molecule has 3 aromatic heterocycles. The molecule has 0 fully saturated rings. The summed E-state index contributed by atoms with van der Waals surface area (Å²) in [5.41, 5.74) is 8.02. The molecule has 0 aliphatic heterocycles. The normalized spacial score (nSPS) is 12.9. The molecule has 4 aromatic rings. The van der Waals surface area contributed by atoms with Gasteiger partial charge in [0.05, 0.1) is 26.6 Å². The van der Waals surface area contributed by atoms with E-state index in [1.165, 1.54) is 6.07 Å². The standard InChI is InChI=1S/C17H16N8O3S2/c18-5-7-30(27,28)14-4-3-11(10-8-13-12(21-9-10)2-1-6-20-13)15(16(14)29(19)26)17-22-24-25-23-17/h1-4,6,8-9H,5,7,18-19H2,(H,22,23,24,25). The SMILES string of the molecule is NCCS(=O)(=O)c1ccc(-c2cnc3cccnc3c2)c(-c2nn[nH]n2)c1S(N)=O. The van der Waals surface area contributed by atoms with Gasteiger partial charge in [-0.05, 0) is 35.0 Å². The number of H-pyrrole nitrogens is 1. The van der Waals surface area contributed by atoms with Gasteiger partial charge in [-0.1, -0.05) is 6.07 Å². The van der Waals surface area contributed by atoms with Crippen LogP contribution in [0.1, 0.15) is 0 Å². The summed E-state index contributed by atoms with van der Waals surface area (Å²) in [7, 11) is -6.02. The lowest BCUT2D eigenvalue weighted by atomic mass is 10.00. The third-order valence-electron chi connectivity index (χ3n) is 4.38. The lowest BCUT2D eigenvalue weighted by Crippen LogP contribution is -2.19. The molecule has 0 saturated carbocycles. The average Bonchev–Trinajstić information content (AvgIpc) is 3.26. The number of fused-ring (bicyclic) bond motifs is 1. The topological polar surface area (TPSA) is 183 Å². The number of sulfone groups is 1. The molecule has 1 unspecified atom stereocenters.